The van der Waals surface area contributed by atoms with Crippen LogP contribution in [0.1, 0.15) is 39.7 Å². The number of hydrogen-bond acceptors (Lipinski definition) is 7. The SMILES string of the molecule is Cc1cc(C)c2nc(N3C(=O)C(=O)C(=C(O)c4nc5c(C)cccn5c4C)C3c3cccc(O)c3)sc2c1. The molecule has 1 atom stereocenters. The Morgan fingerprint density at radius 2 is 1.76 bits per heavy atom. The zero-order valence-corrected chi connectivity index (χ0v) is 22.0. The molecule has 8 nitrogen and oxygen atoms in total. The number of anilines is 1. The van der Waals surface area contributed by atoms with Crippen LogP contribution in [0.15, 0.2) is 60.3 Å². The van der Waals surface area contributed by atoms with Crippen LogP contribution in [0.4, 0.5) is 5.13 Å². The van der Waals surface area contributed by atoms with Crippen LogP contribution in [0.5, 0.6) is 5.75 Å². The molecule has 38 heavy (non-hydrogen) atoms. The van der Waals surface area contributed by atoms with Crippen molar-refractivity contribution >= 4 is 49.8 Å². The summed E-state index contributed by atoms with van der Waals surface area (Å²) in [4.78, 5) is 37.8. The number of benzene rings is 2. The molecule has 2 N–H and O–H groups in total. The van der Waals surface area contributed by atoms with Crippen molar-refractivity contribution in [1.82, 2.24) is 14.4 Å². The summed E-state index contributed by atoms with van der Waals surface area (Å²) >= 11 is 1.31. The maximum Gasteiger partial charge on any atom is 0.301 e. The Hall–Kier alpha value is -4.50. The van der Waals surface area contributed by atoms with Gasteiger partial charge < -0.3 is 14.6 Å². The van der Waals surface area contributed by atoms with Crippen molar-refractivity contribution in [3.8, 4) is 5.75 Å². The second kappa shape index (κ2) is 8.53. The summed E-state index contributed by atoms with van der Waals surface area (Å²) in [5.74, 6) is -2.03. The van der Waals surface area contributed by atoms with Crippen LogP contribution in [-0.2, 0) is 9.59 Å². The second-order valence-corrected chi connectivity index (χ2v) is 10.6. The Morgan fingerprint density at radius 3 is 2.50 bits per heavy atom. The molecular weight excluding hydrogens is 500 g/mol. The highest BCUT2D eigenvalue weighted by atomic mass is 32.1. The summed E-state index contributed by atoms with van der Waals surface area (Å²) < 4.78 is 2.73. The molecule has 0 saturated carbocycles. The van der Waals surface area contributed by atoms with E-state index in [1.54, 1.807) is 19.1 Å². The molecule has 9 heteroatoms. The van der Waals surface area contributed by atoms with Crippen molar-refractivity contribution in [2.75, 3.05) is 4.90 Å². The Morgan fingerprint density at radius 1 is 0.974 bits per heavy atom. The van der Waals surface area contributed by atoms with E-state index in [2.05, 4.69) is 4.98 Å². The lowest BCUT2D eigenvalue weighted by Gasteiger charge is -2.22. The quantitative estimate of drug-likeness (QED) is 0.183. The van der Waals surface area contributed by atoms with E-state index in [-0.39, 0.29) is 22.8 Å². The fourth-order valence-corrected chi connectivity index (χ4v) is 6.34. The number of pyridine rings is 1. The summed E-state index contributed by atoms with van der Waals surface area (Å²) in [7, 11) is 0. The fraction of sp³-hybridized carbons (Fsp3) is 0.172. The number of aryl methyl sites for hydroxylation is 4. The third-order valence-corrected chi connectivity index (χ3v) is 7.96. The van der Waals surface area contributed by atoms with Gasteiger partial charge in [0.25, 0.3) is 5.78 Å². The lowest BCUT2D eigenvalue weighted by molar-refractivity contribution is -0.132. The maximum atomic E-state index is 13.6. The molecule has 0 aliphatic carbocycles. The minimum atomic E-state index is -1.01. The van der Waals surface area contributed by atoms with Crippen molar-refractivity contribution in [2.24, 2.45) is 0 Å². The van der Waals surface area contributed by atoms with Crippen molar-refractivity contribution in [2.45, 2.75) is 33.7 Å². The van der Waals surface area contributed by atoms with Gasteiger partial charge in [0.1, 0.15) is 17.1 Å². The van der Waals surface area contributed by atoms with Gasteiger partial charge in [-0.25, -0.2) is 9.97 Å². The molecule has 3 aromatic heterocycles. The third kappa shape index (κ3) is 3.50. The molecule has 0 spiro atoms. The summed E-state index contributed by atoms with van der Waals surface area (Å²) in [5, 5.41) is 22.2. The van der Waals surface area contributed by atoms with Gasteiger partial charge >= 0.3 is 5.91 Å². The number of ketones is 1. The number of aromatic nitrogens is 3. The molecule has 1 fully saturated rings. The van der Waals surface area contributed by atoms with Gasteiger partial charge in [-0.1, -0.05) is 35.6 Å². The zero-order valence-electron chi connectivity index (χ0n) is 21.2. The third-order valence-electron chi connectivity index (χ3n) is 6.96. The molecule has 0 bridgehead atoms. The fourth-order valence-electron chi connectivity index (χ4n) is 5.18. The Balaban J connectivity index is 1.61. The molecule has 190 valence electrons. The van der Waals surface area contributed by atoms with Gasteiger partial charge in [0.2, 0.25) is 0 Å². The first-order valence-electron chi connectivity index (χ1n) is 12.1. The van der Waals surface area contributed by atoms with Crippen LogP contribution in [0, 0.1) is 27.7 Å². The number of imidazole rings is 1. The van der Waals surface area contributed by atoms with Gasteiger partial charge in [-0.05, 0) is 74.2 Å². The lowest BCUT2D eigenvalue weighted by atomic mass is 9.96. The van der Waals surface area contributed by atoms with Gasteiger partial charge in [0.05, 0.1) is 27.5 Å². The molecule has 6 rings (SSSR count). The average molecular weight is 525 g/mol. The van der Waals surface area contributed by atoms with Crippen molar-refractivity contribution < 1.29 is 19.8 Å². The van der Waals surface area contributed by atoms with Gasteiger partial charge in [-0.15, -0.1) is 0 Å². The zero-order chi connectivity index (χ0) is 26.9. The number of phenolic OH excluding ortho intramolecular Hbond substituents is 1. The molecule has 1 unspecified atom stereocenters. The number of aliphatic hydroxyl groups is 1. The molecular formula is C29H24N4O4S. The van der Waals surface area contributed by atoms with E-state index in [4.69, 9.17) is 4.98 Å². The number of phenols is 1. The Labute approximate surface area is 222 Å². The summed E-state index contributed by atoms with van der Waals surface area (Å²) in [6.07, 6.45) is 1.83. The molecule has 0 radical (unpaired) electrons. The van der Waals surface area contributed by atoms with E-state index in [0.717, 1.165) is 26.9 Å². The van der Waals surface area contributed by atoms with Crippen LogP contribution >= 0.6 is 11.3 Å². The number of Topliss-reactive ketones (excluding diaryl/α,β-unsaturated/α-hetero) is 1. The lowest BCUT2D eigenvalue weighted by Crippen LogP contribution is -2.29. The van der Waals surface area contributed by atoms with Gasteiger partial charge in [-0.2, -0.15) is 0 Å². The monoisotopic (exact) mass is 524 g/mol. The Kier molecular flexibility index (Phi) is 5.36. The minimum absolute atomic E-state index is 0.0246. The Bertz CT molecular complexity index is 1850. The van der Waals surface area contributed by atoms with Crippen LogP contribution in [0.3, 0.4) is 0 Å². The number of fused-ring (bicyclic) bond motifs is 2. The first-order valence-corrected chi connectivity index (χ1v) is 12.9. The van der Waals surface area contributed by atoms with Crippen LogP contribution in [0.25, 0.3) is 21.6 Å². The van der Waals surface area contributed by atoms with Crippen molar-refractivity contribution in [3.63, 3.8) is 0 Å². The number of rotatable bonds is 3. The molecule has 4 heterocycles. The van der Waals surface area contributed by atoms with Crippen molar-refractivity contribution in [1.29, 1.82) is 0 Å². The summed E-state index contributed by atoms with van der Waals surface area (Å²) in [6, 6.07) is 13.1. The predicted octanol–water partition coefficient (Wildman–Crippen LogP) is 5.51. The molecule has 1 amide bonds. The highest BCUT2D eigenvalue weighted by Crippen LogP contribution is 2.45. The van der Waals surface area contributed by atoms with Gasteiger partial charge in [0, 0.05) is 6.20 Å². The van der Waals surface area contributed by atoms with Crippen molar-refractivity contribution in [3.05, 3.63) is 93.9 Å². The molecule has 1 aliphatic rings. The molecule has 5 aromatic rings. The van der Waals surface area contributed by atoms with E-state index < -0.39 is 17.7 Å². The van der Waals surface area contributed by atoms with Crippen LogP contribution < -0.4 is 4.90 Å². The van der Waals surface area contributed by atoms with Gasteiger partial charge in [0.15, 0.2) is 10.9 Å². The topological polar surface area (TPSA) is 108 Å². The van der Waals surface area contributed by atoms with Gasteiger partial charge in [-0.3, -0.25) is 14.5 Å². The van der Waals surface area contributed by atoms with Crippen LogP contribution in [-0.4, -0.2) is 36.3 Å². The van der Waals surface area contributed by atoms with E-state index in [0.29, 0.717) is 22.0 Å². The predicted molar refractivity (Wildman–Crippen MR) is 147 cm³/mol. The number of thiazole rings is 1. The first kappa shape index (κ1) is 23.9. The van der Waals surface area contributed by atoms with E-state index in [1.807, 2.05) is 55.6 Å². The van der Waals surface area contributed by atoms with Crippen LogP contribution in [0.2, 0.25) is 0 Å². The number of carbonyl (C=O) groups is 2. The van der Waals surface area contributed by atoms with E-state index in [9.17, 15) is 19.8 Å². The smallest absolute Gasteiger partial charge is 0.301 e. The highest BCUT2D eigenvalue weighted by molar-refractivity contribution is 7.22. The molecule has 1 saturated heterocycles. The minimum Gasteiger partial charge on any atom is -0.508 e. The first-order chi connectivity index (χ1) is 18.2. The largest absolute Gasteiger partial charge is 0.508 e. The number of aliphatic hydroxyl groups excluding tert-OH is 1. The van der Waals surface area contributed by atoms with E-state index in [1.165, 1.54) is 28.4 Å². The summed E-state index contributed by atoms with van der Waals surface area (Å²) in [6.45, 7) is 7.65. The number of carbonyl (C=O) groups excluding carboxylic acids is 2. The maximum absolute atomic E-state index is 13.6. The summed E-state index contributed by atoms with van der Waals surface area (Å²) in [5.41, 5.74) is 5.54. The van der Waals surface area contributed by atoms with E-state index >= 15 is 0 Å². The normalized spacial score (nSPS) is 17.3. The number of hydrogen-bond donors (Lipinski definition) is 2. The second-order valence-electron chi connectivity index (χ2n) is 9.62. The highest BCUT2D eigenvalue weighted by Gasteiger charge is 2.48. The number of nitrogens with zero attached hydrogens (tertiary/aromatic N) is 4. The molecule has 1 aliphatic heterocycles. The number of aromatic hydroxyl groups is 1. The standard InChI is InChI=1S/C29H24N4O4S/c1-14-11-16(3)22-20(12-14)38-29(31-22)33-24(18-8-5-9-19(34)13-18)21(26(36)28(33)37)25(35)23-17(4)32-10-6-7-15(2)27(32)30-23/h5-13,24,34-35H,1-4H3. The average Bonchev–Trinajstić information content (AvgIpc) is 3.52. The number of amides is 1. The molecule has 2 aromatic carbocycles.